The van der Waals surface area contributed by atoms with Gasteiger partial charge in [0.25, 0.3) is 0 Å². The highest BCUT2D eigenvalue weighted by atomic mass is 14.8. The van der Waals surface area contributed by atoms with E-state index >= 15 is 0 Å². The molecule has 0 bridgehead atoms. The molecule has 0 amide bonds. The van der Waals surface area contributed by atoms with Crippen molar-refractivity contribution in [2.75, 3.05) is 5.73 Å². The molecular weight excluding hydrogens is 354 g/mol. The minimum Gasteiger partial charge on any atom is -0.384 e. The van der Waals surface area contributed by atoms with E-state index < -0.39 is 0 Å². The summed E-state index contributed by atoms with van der Waals surface area (Å²) in [6, 6.07) is 28.4. The van der Waals surface area contributed by atoms with Gasteiger partial charge in [-0.05, 0) is 53.1 Å². The Balaban J connectivity index is 1.60. The molecule has 0 atom stereocenters. The van der Waals surface area contributed by atoms with Crippen LogP contribution in [0.15, 0.2) is 91.1 Å². The van der Waals surface area contributed by atoms with E-state index in [1.54, 1.807) is 6.07 Å². The van der Waals surface area contributed by atoms with E-state index in [1.165, 1.54) is 10.8 Å². The average molecular weight is 371 g/mol. The predicted octanol–water partition coefficient (Wildman–Crippen LogP) is 5.43. The zero-order valence-electron chi connectivity index (χ0n) is 15.6. The molecule has 5 rings (SSSR count). The van der Waals surface area contributed by atoms with Crippen LogP contribution >= 0.6 is 0 Å². The second-order valence-corrected chi connectivity index (χ2v) is 6.86. The Labute approximate surface area is 168 Å². The fourth-order valence-corrected chi connectivity index (χ4v) is 3.42. The van der Waals surface area contributed by atoms with Crippen LogP contribution in [-0.4, -0.2) is 9.97 Å². The molecule has 3 aromatic carbocycles. The van der Waals surface area contributed by atoms with Crippen molar-refractivity contribution in [3.8, 4) is 23.0 Å². The number of pyridine rings is 2. The van der Waals surface area contributed by atoms with Crippen LogP contribution in [0.1, 0.15) is 11.3 Å². The molecule has 2 aromatic heterocycles. The topological polar surface area (TPSA) is 51.8 Å². The van der Waals surface area contributed by atoms with Crippen LogP contribution < -0.4 is 5.73 Å². The number of fused-ring (bicyclic) bond motifs is 2. The number of para-hydroxylation sites is 1. The van der Waals surface area contributed by atoms with Gasteiger partial charge in [0.05, 0.1) is 5.52 Å². The van der Waals surface area contributed by atoms with Gasteiger partial charge in [0.1, 0.15) is 11.5 Å². The molecule has 5 aromatic rings. The van der Waals surface area contributed by atoms with Crippen molar-refractivity contribution in [1.82, 2.24) is 9.97 Å². The van der Waals surface area contributed by atoms with Gasteiger partial charge < -0.3 is 5.73 Å². The van der Waals surface area contributed by atoms with Gasteiger partial charge >= 0.3 is 0 Å². The fourth-order valence-electron chi connectivity index (χ4n) is 3.42. The van der Waals surface area contributed by atoms with E-state index in [-0.39, 0.29) is 0 Å². The number of hydrogen-bond donors (Lipinski definition) is 1. The molecule has 29 heavy (non-hydrogen) atoms. The molecule has 0 aliphatic heterocycles. The Morgan fingerprint density at radius 3 is 2.38 bits per heavy atom. The summed E-state index contributed by atoms with van der Waals surface area (Å²) in [4.78, 5) is 9.05. The number of nitrogen functional groups attached to an aromatic ring is 1. The second-order valence-electron chi connectivity index (χ2n) is 6.86. The molecule has 3 nitrogen and oxygen atoms in total. The van der Waals surface area contributed by atoms with Crippen molar-refractivity contribution in [3.63, 3.8) is 0 Å². The van der Waals surface area contributed by atoms with Crippen molar-refractivity contribution in [3.05, 3.63) is 102 Å². The maximum Gasteiger partial charge on any atom is 0.124 e. The first-order chi connectivity index (χ1) is 14.3. The van der Waals surface area contributed by atoms with Crippen LogP contribution in [0.5, 0.6) is 0 Å². The summed E-state index contributed by atoms with van der Waals surface area (Å²) in [6.45, 7) is 0. The van der Waals surface area contributed by atoms with Crippen molar-refractivity contribution >= 4 is 27.5 Å². The molecule has 0 fully saturated rings. The standard InChI is InChI=1S/C26H17N3/c27-26-14-12-23(22-16-21-7-3-4-8-24(21)28-17-22)25(29-26)13-10-18-9-11-19-5-1-2-6-20(19)15-18/h1-9,11-12,14-17H,(H2,27,29). The zero-order chi connectivity index (χ0) is 19.6. The van der Waals surface area contributed by atoms with Gasteiger partial charge in [-0.3, -0.25) is 4.98 Å². The van der Waals surface area contributed by atoms with Gasteiger partial charge in [-0.25, -0.2) is 4.98 Å². The molecule has 2 N–H and O–H groups in total. The van der Waals surface area contributed by atoms with Gasteiger partial charge in [0.2, 0.25) is 0 Å². The minimum absolute atomic E-state index is 0.449. The van der Waals surface area contributed by atoms with Crippen LogP contribution in [0.25, 0.3) is 32.8 Å². The molecule has 3 heteroatoms. The van der Waals surface area contributed by atoms with E-state index in [9.17, 15) is 0 Å². The average Bonchev–Trinajstić information content (AvgIpc) is 2.77. The number of aromatic nitrogens is 2. The maximum absolute atomic E-state index is 5.94. The van der Waals surface area contributed by atoms with E-state index in [0.29, 0.717) is 11.5 Å². The zero-order valence-corrected chi connectivity index (χ0v) is 15.6. The van der Waals surface area contributed by atoms with Gasteiger partial charge in [0, 0.05) is 28.3 Å². The lowest BCUT2D eigenvalue weighted by molar-refractivity contribution is 1.29. The lowest BCUT2D eigenvalue weighted by Crippen LogP contribution is -1.96. The SMILES string of the molecule is Nc1ccc(-c2cnc3ccccc3c2)c(C#Cc2ccc3ccccc3c2)n1. The maximum atomic E-state index is 5.94. The molecule has 2 heterocycles. The van der Waals surface area contributed by atoms with E-state index in [4.69, 9.17) is 5.73 Å². The number of benzene rings is 3. The normalized spacial score (nSPS) is 10.6. The first-order valence-electron chi connectivity index (χ1n) is 9.39. The molecule has 136 valence electrons. The van der Waals surface area contributed by atoms with Crippen LogP contribution in [-0.2, 0) is 0 Å². The number of nitrogens with two attached hydrogens (primary N) is 1. The summed E-state index contributed by atoms with van der Waals surface area (Å²) in [5, 5.41) is 3.44. The largest absolute Gasteiger partial charge is 0.384 e. The van der Waals surface area contributed by atoms with Crippen LogP contribution in [0, 0.1) is 11.8 Å². The van der Waals surface area contributed by atoms with Crippen molar-refractivity contribution < 1.29 is 0 Å². The van der Waals surface area contributed by atoms with Gasteiger partial charge in [-0.2, -0.15) is 0 Å². The minimum atomic E-state index is 0.449. The van der Waals surface area contributed by atoms with Crippen molar-refractivity contribution in [1.29, 1.82) is 0 Å². The molecule has 0 unspecified atom stereocenters. The highest BCUT2D eigenvalue weighted by Gasteiger charge is 2.07. The number of rotatable bonds is 1. The van der Waals surface area contributed by atoms with Crippen molar-refractivity contribution in [2.24, 2.45) is 0 Å². The highest BCUT2D eigenvalue weighted by Crippen LogP contribution is 2.25. The fraction of sp³-hybridized carbons (Fsp3) is 0. The summed E-state index contributed by atoms with van der Waals surface area (Å²) in [7, 11) is 0. The summed E-state index contributed by atoms with van der Waals surface area (Å²) in [5.41, 5.74) is 10.4. The smallest absolute Gasteiger partial charge is 0.124 e. The predicted molar refractivity (Wildman–Crippen MR) is 119 cm³/mol. The summed E-state index contributed by atoms with van der Waals surface area (Å²) >= 11 is 0. The van der Waals surface area contributed by atoms with E-state index in [0.717, 1.165) is 27.6 Å². The third-order valence-corrected chi connectivity index (χ3v) is 4.89. The molecule has 0 saturated carbocycles. The molecule has 0 spiro atoms. The quantitative estimate of drug-likeness (QED) is 0.400. The Bertz CT molecular complexity index is 1420. The number of hydrogen-bond acceptors (Lipinski definition) is 3. The van der Waals surface area contributed by atoms with Crippen LogP contribution in [0.4, 0.5) is 5.82 Å². The van der Waals surface area contributed by atoms with Gasteiger partial charge in [-0.15, -0.1) is 0 Å². The third kappa shape index (κ3) is 3.40. The molecule has 0 aliphatic rings. The Hall–Kier alpha value is -4.16. The number of nitrogens with zero attached hydrogens (tertiary/aromatic N) is 2. The van der Waals surface area contributed by atoms with Crippen LogP contribution in [0.2, 0.25) is 0 Å². The monoisotopic (exact) mass is 371 g/mol. The van der Waals surface area contributed by atoms with Gasteiger partial charge in [-0.1, -0.05) is 54.5 Å². The highest BCUT2D eigenvalue weighted by molar-refractivity contribution is 5.85. The number of anilines is 1. The van der Waals surface area contributed by atoms with Gasteiger partial charge in [0.15, 0.2) is 0 Å². The Kier molecular flexibility index (Phi) is 4.16. The first-order valence-corrected chi connectivity index (χ1v) is 9.39. The second kappa shape index (κ2) is 7.10. The Morgan fingerprint density at radius 2 is 1.48 bits per heavy atom. The molecule has 0 radical (unpaired) electrons. The Morgan fingerprint density at radius 1 is 0.690 bits per heavy atom. The summed E-state index contributed by atoms with van der Waals surface area (Å²) in [6.07, 6.45) is 1.86. The van der Waals surface area contributed by atoms with E-state index in [1.807, 2.05) is 48.7 Å². The molecule has 0 aliphatic carbocycles. The van der Waals surface area contributed by atoms with Crippen molar-refractivity contribution in [2.45, 2.75) is 0 Å². The lowest BCUT2D eigenvalue weighted by atomic mass is 10.0. The third-order valence-electron chi connectivity index (χ3n) is 4.89. The summed E-state index contributed by atoms with van der Waals surface area (Å²) in [5.74, 6) is 6.90. The summed E-state index contributed by atoms with van der Waals surface area (Å²) < 4.78 is 0. The molecular formula is C26H17N3. The first kappa shape index (κ1) is 17.0. The molecule has 0 saturated heterocycles. The van der Waals surface area contributed by atoms with E-state index in [2.05, 4.69) is 58.2 Å². The lowest BCUT2D eigenvalue weighted by Gasteiger charge is -2.06. The van der Waals surface area contributed by atoms with Crippen LogP contribution in [0.3, 0.4) is 0 Å².